The molecule has 16 heavy (non-hydrogen) atoms. The first-order valence-corrected chi connectivity index (χ1v) is 4.73. The van der Waals surface area contributed by atoms with Crippen molar-refractivity contribution < 1.29 is 9.59 Å². The van der Waals surface area contributed by atoms with Crippen molar-refractivity contribution in [3.05, 3.63) is 24.3 Å². The Morgan fingerprint density at radius 3 is 2.44 bits per heavy atom. The van der Waals surface area contributed by atoms with E-state index in [2.05, 4.69) is 16.0 Å². The van der Waals surface area contributed by atoms with E-state index in [1.165, 1.54) is 7.05 Å². The molecule has 0 aromatic heterocycles. The Hall–Kier alpha value is -2.24. The van der Waals surface area contributed by atoms with Crippen molar-refractivity contribution in [1.29, 1.82) is 0 Å². The van der Waals surface area contributed by atoms with Crippen molar-refractivity contribution in [2.45, 2.75) is 0 Å². The number of nitrogens with two attached hydrogens (primary N) is 1. The number of likely N-dealkylation sites (N-methyl/N-ethyl adjacent to an activating group) is 1. The quantitative estimate of drug-likeness (QED) is 0.547. The molecule has 1 aromatic rings. The second kappa shape index (κ2) is 5.59. The number of benzene rings is 1. The number of hydrogen-bond acceptors (Lipinski definition) is 3. The minimum Gasteiger partial charge on any atom is -0.399 e. The topological polar surface area (TPSA) is 96.2 Å². The summed E-state index contributed by atoms with van der Waals surface area (Å²) in [5.74, 6) is -0.257. The van der Waals surface area contributed by atoms with Gasteiger partial charge in [0.15, 0.2) is 0 Å². The molecule has 0 bridgehead atoms. The summed E-state index contributed by atoms with van der Waals surface area (Å²) in [7, 11) is 1.50. The Morgan fingerprint density at radius 1 is 1.25 bits per heavy atom. The predicted molar refractivity (Wildman–Crippen MR) is 61.9 cm³/mol. The summed E-state index contributed by atoms with van der Waals surface area (Å²) in [4.78, 5) is 22.1. The first-order chi connectivity index (χ1) is 7.61. The van der Waals surface area contributed by atoms with Gasteiger partial charge in [0, 0.05) is 18.4 Å². The van der Waals surface area contributed by atoms with E-state index in [0.29, 0.717) is 11.4 Å². The molecular formula is C10H14N4O2. The minimum atomic E-state index is -0.437. The summed E-state index contributed by atoms with van der Waals surface area (Å²) in [6, 6.07) is 6.26. The van der Waals surface area contributed by atoms with E-state index >= 15 is 0 Å². The van der Waals surface area contributed by atoms with Gasteiger partial charge in [0.2, 0.25) is 5.91 Å². The lowest BCUT2D eigenvalue weighted by molar-refractivity contribution is -0.119. The standard InChI is InChI=1S/C10H14N4O2/c1-12-9(15)6-13-10(16)14-8-4-2-7(11)3-5-8/h2-5H,6,11H2,1H3,(H,12,15)(H2,13,14,16). The van der Waals surface area contributed by atoms with Crippen molar-refractivity contribution in [1.82, 2.24) is 10.6 Å². The summed E-state index contributed by atoms with van der Waals surface area (Å²) >= 11 is 0. The number of carbonyl (C=O) groups excluding carboxylic acids is 2. The predicted octanol–water partition coefficient (Wildman–Crippen LogP) is 0.136. The molecular weight excluding hydrogens is 208 g/mol. The van der Waals surface area contributed by atoms with E-state index in [1.807, 2.05) is 0 Å². The summed E-state index contributed by atoms with van der Waals surface area (Å²) in [5, 5.41) is 7.36. The number of rotatable bonds is 3. The first-order valence-electron chi connectivity index (χ1n) is 4.73. The molecule has 5 N–H and O–H groups in total. The summed E-state index contributed by atoms with van der Waals surface area (Å²) in [6.45, 7) is -0.0582. The van der Waals surface area contributed by atoms with Crippen molar-refractivity contribution in [3.8, 4) is 0 Å². The van der Waals surface area contributed by atoms with E-state index in [4.69, 9.17) is 5.73 Å². The van der Waals surface area contributed by atoms with Crippen LogP contribution in [0.25, 0.3) is 0 Å². The summed E-state index contributed by atoms with van der Waals surface area (Å²) in [5.41, 5.74) is 6.73. The van der Waals surface area contributed by atoms with E-state index in [9.17, 15) is 9.59 Å². The Kier molecular flexibility index (Phi) is 4.14. The highest BCUT2D eigenvalue weighted by molar-refractivity contribution is 5.92. The highest BCUT2D eigenvalue weighted by Gasteiger charge is 2.03. The van der Waals surface area contributed by atoms with Crippen LogP contribution in [0.5, 0.6) is 0 Å². The Bertz CT molecular complexity index is 375. The van der Waals surface area contributed by atoms with Crippen LogP contribution in [0, 0.1) is 0 Å². The third-order valence-corrected chi connectivity index (χ3v) is 1.86. The largest absolute Gasteiger partial charge is 0.399 e. The van der Waals surface area contributed by atoms with Crippen LogP contribution in [-0.2, 0) is 4.79 Å². The van der Waals surface area contributed by atoms with Gasteiger partial charge in [0.25, 0.3) is 0 Å². The SMILES string of the molecule is CNC(=O)CNC(=O)Nc1ccc(N)cc1. The van der Waals surface area contributed by atoms with Gasteiger partial charge < -0.3 is 21.7 Å². The number of anilines is 2. The fraction of sp³-hybridized carbons (Fsp3) is 0.200. The molecule has 1 aromatic carbocycles. The smallest absolute Gasteiger partial charge is 0.319 e. The van der Waals surface area contributed by atoms with Gasteiger partial charge in [-0.1, -0.05) is 0 Å². The Labute approximate surface area is 93.2 Å². The van der Waals surface area contributed by atoms with Gasteiger partial charge in [-0.05, 0) is 24.3 Å². The van der Waals surface area contributed by atoms with Crippen LogP contribution in [0.1, 0.15) is 0 Å². The third-order valence-electron chi connectivity index (χ3n) is 1.86. The average molecular weight is 222 g/mol. The van der Waals surface area contributed by atoms with Crippen molar-refractivity contribution in [2.75, 3.05) is 24.6 Å². The van der Waals surface area contributed by atoms with Gasteiger partial charge in [-0.15, -0.1) is 0 Å². The number of hydrogen-bond donors (Lipinski definition) is 4. The highest BCUT2D eigenvalue weighted by Crippen LogP contribution is 2.09. The fourth-order valence-electron chi connectivity index (χ4n) is 0.991. The normalized spacial score (nSPS) is 9.31. The highest BCUT2D eigenvalue weighted by atomic mass is 16.2. The van der Waals surface area contributed by atoms with Crippen LogP contribution in [0.2, 0.25) is 0 Å². The molecule has 0 saturated carbocycles. The van der Waals surface area contributed by atoms with Crippen molar-refractivity contribution >= 4 is 23.3 Å². The van der Waals surface area contributed by atoms with Crippen LogP contribution >= 0.6 is 0 Å². The Balaban J connectivity index is 2.40. The molecule has 0 aliphatic rings. The Morgan fingerprint density at radius 2 is 1.88 bits per heavy atom. The molecule has 0 aliphatic heterocycles. The summed E-state index contributed by atoms with van der Waals surface area (Å²) < 4.78 is 0. The lowest BCUT2D eigenvalue weighted by atomic mass is 10.3. The van der Waals surface area contributed by atoms with Gasteiger partial charge in [0.05, 0.1) is 6.54 Å². The zero-order chi connectivity index (χ0) is 12.0. The average Bonchev–Trinajstić information content (AvgIpc) is 2.29. The summed E-state index contributed by atoms with van der Waals surface area (Å²) in [6.07, 6.45) is 0. The second-order valence-electron chi connectivity index (χ2n) is 3.10. The van der Waals surface area contributed by atoms with E-state index in [-0.39, 0.29) is 12.5 Å². The van der Waals surface area contributed by atoms with E-state index in [0.717, 1.165) is 0 Å². The molecule has 6 heteroatoms. The molecule has 0 radical (unpaired) electrons. The number of amides is 3. The molecule has 0 atom stereocenters. The van der Waals surface area contributed by atoms with Crippen LogP contribution in [0.15, 0.2) is 24.3 Å². The van der Waals surface area contributed by atoms with Crippen LogP contribution < -0.4 is 21.7 Å². The van der Waals surface area contributed by atoms with Gasteiger partial charge in [-0.2, -0.15) is 0 Å². The molecule has 0 aliphatic carbocycles. The molecule has 0 saturated heterocycles. The first kappa shape index (κ1) is 11.8. The maximum atomic E-state index is 11.3. The molecule has 0 heterocycles. The molecule has 1 rings (SSSR count). The van der Waals surface area contributed by atoms with E-state index < -0.39 is 6.03 Å². The van der Waals surface area contributed by atoms with Gasteiger partial charge in [-0.3, -0.25) is 4.79 Å². The molecule has 6 nitrogen and oxygen atoms in total. The van der Waals surface area contributed by atoms with Crippen LogP contribution in [-0.4, -0.2) is 25.5 Å². The number of carbonyl (C=O) groups is 2. The van der Waals surface area contributed by atoms with Gasteiger partial charge in [0.1, 0.15) is 0 Å². The zero-order valence-corrected chi connectivity index (χ0v) is 8.91. The molecule has 0 spiro atoms. The van der Waals surface area contributed by atoms with Crippen molar-refractivity contribution in [2.24, 2.45) is 0 Å². The molecule has 86 valence electrons. The van der Waals surface area contributed by atoms with Crippen molar-refractivity contribution in [3.63, 3.8) is 0 Å². The molecule has 0 unspecified atom stereocenters. The maximum absolute atomic E-state index is 11.3. The lowest BCUT2D eigenvalue weighted by Gasteiger charge is -2.06. The van der Waals surface area contributed by atoms with Gasteiger partial charge in [-0.25, -0.2) is 4.79 Å². The van der Waals surface area contributed by atoms with Crippen LogP contribution in [0.3, 0.4) is 0 Å². The second-order valence-corrected chi connectivity index (χ2v) is 3.10. The van der Waals surface area contributed by atoms with Gasteiger partial charge >= 0.3 is 6.03 Å². The number of urea groups is 1. The number of nitrogen functional groups attached to an aromatic ring is 1. The molecule has 0 fully saturated rings. The fourth-order valence-corrected chi connectivity index (χ4v) is 0.991. The number of nitrogens with one attached hydrogen (secondary N) is 3. The lowest BCUT2D eigenvalue weighted by Crippen LogP contribution is -2.37. The monoisotopic (exact) mass is 222 g/mol. The van der Waals surface area contributed by atoms with E-state index in [1.54, 1.807) is 24.3 Å². The maximum Gasteiger partial charge on any atom is 0.319 e. The zero-order valence-electron chi connectivity index (χ0n) is 8.91. The third kappa shape index (κ3) is 3.87. The molecule has 3 amide bonds. The minimum absolute atomic E-state index is 0.0582. The van der Waals surface area contributed by atoms with Crippen LogP contribution in [0.4, 0.5) is 16.2 Å².